The van der Waals surface area contributed by atoms with Crippen molar-refractivity contribution in [1.29, 1.82) is 0 Å². The number of nitrogens with one attached hydrogen (secondary N) is 1. The molecule has 126 valence electrons. The van der Waals surface area contributed by atoms with Crippen LogP contribution in [0.15, 0.2) is 30.3 Å². The van der Waals surface area contributed by atoms with Crippen LogP contribution in [0.1, 0.15) is 25.7 Å². The van der Waals surface area contributed by atoms with Crippen LogP contribution in [0.3, 0.4) is 0 Å². The molecule has 0 radical (unpaired) electrons. The van der Waals surface area contributed by atoms with E-state index in [1.165, 1.54) is 13.8 Å². The van der Waals surface area contributed by atoms with Gasteiger partial charge in [0.15, 0.2) is 12.1 Å². The maximum Gasteiger partial charge on any atom is 0.217 e. The number of aliphatic hydroxyl groups excluding tert-OH is 1. The maximum atomic E-state index is 11.3. The Morgan fingerprint density at radius 1 is 1.35 bits per heavy atom. The Morgan fingerprint density at radius 2 is 2.04 bits per heavy atom. The van der Waals surface area contributed by atoms with Gasteiger partial charge in [0.1, 0.15) is 24.4 Å². The number of fused-ring (bicyclic) bond motifs is 1. The number of hydrogen-bond acceptors (Lipinski definition) is 6. The molecule has 23 heavy (non-hydrogen) atoms. The van der Waals surface area contributed by atoms with Crippen LogP contribution in [0.4, 0.5) is 0 Å². The number of hydrogen-bond donors (Lipinski definition) is 3. The quantitative estimate of drug-likeness (QED) is 0.713. The summed E-state index contributed by atoms with van der Waals surface area (Å²) < 4.78 is 17.0. The molecule has 7 nitrogen and oxygen atoms in total. The average Bonchev–Trinajstić information content (AvgIpc) is 2.51. The molecule has 0 bridgehead atoms. The summed E-state index contributed by atoms with van der Waals surface area (Å²) in [5.74, 6) is -2.08. The molecular weight excluding hydrogens is 302 g/mol. The predicted octanol–water partition coefficient (Wildman–Crippen LogP) is 0.0735. The van der Waals surface area contributed by atoms with Crippen molar-refractivity contribution in [2.75, 3.05) is 6.61 Å². The molecular formula is C16H21NO6. The van der Waals surface area contributed by atoms with Gasteiger partial charge in [0.2, 0.25) is 5.91 Å². The number of ether oxygens (including phenoxy) is 3. The van der Waals surface area contributed by atoms with E-state index >= 15 is 0 Å². The fourth-order valence-corrected chi connectivity index (χ4v) is 3.06. The first-order chi connectivity index (χ1) is 10.9. The van der Waals surface area contributed by atoms with Crippen molar-refractivity contribution in [3.63, 3.8) is 0 Å². The molecule has 3 rings (SSSR count). The van der Waals surface area contributed by atoms with Gasteiger partial charge in [-0.3, -0.25) is 4.79 Å². The molecule has 0 unspecified atom stereocenters. The van der Waals surface area contributed by atoms with Gasteiger partial charge < -0.3 is 29.7 Å². The van der Waals surface area contributed by atoms with E-state index in [9.17, 15) is 15.0 Å². The highest BCUT2D eigenvalue weighted by Gasteiger charge is 2.54. The number of carbonyl (C=O) groups excluding carboxylic acids is 1. The van der Waals surface area contributed by atoms with Crippen LogP contribution in [0.2, 0.25) is 0 Å². The lowest BCUT2D eigenvalue weighted by Gasteiger charge is -2.50. The normalized spacial score (nSPS) is 40.3. The Kier molecular flexibility index (Phi) is 4.39. The van der Waals surface area contributed by atoms with Crippen molar-refractivity contribution in [1.82, 2.24) is 5.32 Å². The molecule has 2 heterocycles. The van der Waals surface area contributed by atoms with E-state index in [2.05, 4.69) is 5.32 Å². The summed E-state index contributed by atoms with van der Waals surface area (Å²) in [5, 5.41) is 23.5. The van der Waals surface area contributed by atoms with Crippen LogP contribution in [0, 0.1) is 0 Å². The van der Waals surface area contributed by atoms with Crippen molar-refractivity contribution in [3.8, 4) is 0 Å². The molecule has 2 fully saturated rings. The lowest BCUT2D eigenvalue weighted by Crippen LogP contribution is -2.70. The summed E-state index contributed by atoms with van der Waals surface area (Å²) >= 11 is 0. The third-order valence-electron chi connectivity index (χ3n) is 4.13. The zero-order valence-corrected chi connectivity index (χ0v) is 13.0. The Balaban J connectivity index is 1.79. The number of rotatable bonds is 2. The molecule has 7 heteroatoms. The van der Waals surface area contributed by atoms with Crippen LogP contribution >= 0.6 is 0 Å². The van der Waals surface area contributed by atoms with Gasteiger partial charge in [-0.1, -0.05) is 30.3 Å². The van der Waals surface area contributed by atoms with E-state index in [1.807, 2.05) is 30.3 Å². The van der Waals surface area contributed by atoms with Crippen molar-refractivity contribution < 1.29 is 29.2 Å². The lowest BCUT2D eigenvalue weighted by atomic mass is 9.90. The minimum atomic E-state index is -1.71. The highest BCUT2D eigenvalue weighted by atomic mass is 16.7. The second-order valence-electron chi connectivity index (χ2n) is 6.06. The molecule has 0 saturated carbocycles. The zero-order valence-electron chi connectivity index (χ0n) is 13.0. The Bertz CT molecular complexity index is 563. The second kappa shape index (κ2) is 6.18. The maximum absolute atomic E-state index is 11.3. The minimum Gasteiger partial charge on any atom is -0.388 e. The van der Waals surface area contributed by atoms with Gasteiger partial charge in [-0.05, 0) is 6.92 Å². The van der Waals surface area contributed by atoms with E-state index in [4.69, 9.17) is 14.2 Å². The van der Waals surface area contributed by atoms with E-state index in [0.717, 1.165) is 5.56 Å². The van der Waals surface area contributed by atoms with Gasteiger partial charge in [0.25, 0.3) is 0 Å². The monoisotopic (exact) mass is 323 g/mol. The van der Waals surface area contributed by atoms with Crippen LogP contribution in [0.25, 0.3) is 0 Å². The van der Waals surface area contributed by atoms with Gasteiger partial charge in [0, 0.05) is 12.5 Å². The summed E-state index contributed by atoms with van der Waals surface area (Å²) in [4.78, 5) is 11.3. The number of benzene rings is 1. The molecule has 2 aliphatic heterocycles. The van der Waals surface area contributed by atoms with Gasteiger partial charge in [-0.25, -0.2) is 0 Å². The summed E-state index contributed by atoms with van der Waals surface area (Å²) in [6, 6.07) is 8.36. The second-order valence-corrected chi connectivity index (χ2v) is 6.06. The highest BCUT2D eigenvalue weighted by molar-refractivity contribution is 5.73. The molecule has 0 aromatic heterocycles. The van der Waals surface area contributed by atoms with Crippen LogP contribution in [-0.2, 0) is 19.0 Å². The summed E-state index contributed by atoms with van der Waals surface area (Å²) in [6.45, 7) is 2.88. The fraction of sp³-hybridized carbons (Fsp3) is 0.562. The van der Waals surface area contributed by atoms with Crippen molar-refractivity contribution in [3.05, 3.63) is 35.9 Å². The predicted molar refractivity (Wildman–Crippen MR) is 79.1 cm³/mol. The SMILES string of the molecule is CC(=O)N[C@H]1[C@@H](O)[C@@H]2O[C@@H](c3ccccc3)OC[C@H]2O[C@]1(C)O. The van der Waals surface area contributed by atoms with Gasteiger partial charge in [0.05, 0.1) is 6.61 Å². The third-order valence-corrected chi connectivity index (χ3v) is 4.13. The molecule has 1 aromatic rings. The summed E-state index contributed by atoms with van der Waals surface area (Å²) in [5.41, 5.74) is 0.826. The average molecular weight is 323 g/mol. The summed E-state index contributed by atoms with van der Waals surface area (Å²) in [7, 11) is 0. The largest absolute Gasteiger partial charge is 0.388 e. The number of amides is 1. The molecule has 2 aliphatic rings. The van der Waals surface area contributed by atoms with E-state index in [0.29, 0.717) is 0 Å². The molecule has 2 saturated heterocycles. The summed E-state index contributed by atoms with van der Waals surface area (Å²) in [6.07, 6.45) is -3.09. The standard InChI is InChI=1S/C16H21NO6/c1-9(18)17-14-12(19)13-11(23-16(14,2)20)8-21-15(22-13)10-6-4-3-5-7-10/h3-7,11-15,19-20H,8H2,1-2H3,(H,17,18)/t11-,12+,13-,14+,15+,16+/m1/s1. The number of aliphatic hydroxyl groups is 2. The minimum absolute atomic E-state index is 0.171. The van der Waals surface area contributed by atoms with Crippen molar-refractivity contribution in [2.45, 2.75) is 50.3 Å². The van der Waals surface area contributed by atoms with E-state index in [-0.39, 0.29) is 12.5 Å². The third kappa shape index (κ3) is 3.24. The number of carbonyl (C=O) groups is 1. The lowest BCUT2D eigenvalue weighted by molar-refractivity contribution is -0.367. The smallest absolute Gasteiger partial charge is 0.217 e. The molecule has 1 aromatic carbocycles. The zero-order chi connectivity index (χ0) is 16.6. The Hall–Kier alpha value is -1.51. The molecule has 3 N–H and O–H groups in total. The first kappa shape index (κ1) is 16.4. The Labute approximate surface area is 134 Å². The van der Waals surface area contributed by atoms with E-state index < -0.39 is 36.4 Å². The molecule has 1 amide bonds. The van der Waals surface area contributed by atoms with Gasteiger partial charge in [-0.15, -0.1) is 0 Å². The molecule has 0 aliphatic carbocycles. The van der Waals surface area contributed by atoms with Crippen LogP contribution in [-0.4, -0.2) is 52.9 Å². The van der Waals surface area contributed by atoms with Gasteiger partial charge >= 0.3 is 0 Å². The fourth-order valence-electron chi connectivity index (χ4n) is 3.06. The molecule has 0 spiro atoms. The van der Waals surface area contributed by atoms with E-state index in [1.54, 1.807) is 0 Å². The highest BCUT2D eigenvalue weighted by Crippen LogP contribution is 2.36. The van der Waals surface area contributed by atoms with Crippen molar-refractivity contribution >= 4 is 5.91 Å². The van der Waals surface area contributed by atoms with Crippen molar-refractivity contribution in [2.24, 2.45) is 0 Å². The van der Waals surface area contributed by atoms with Crippen LogP contribution < -0.4 is 5.32 Å². The Morgan fingerprint density at radius 3 is 2.70 bits per heavy atom. The molecule has 6 atom stereocenters. The first-order valence-corrected chi connectivity index (χ1v) is 7.56. The van der Waals surface area contributed by atoms with Crippen LogP contribution in [0.5, 0.6) is 0 Å². The van der Waals surface area contributed by atoms with Gasteiger partial charge in [-0.2, -0.15) is 0 Å². The topological polar surface area (TPSA) is 97.3 Å². The first-order valence-electron chi connectivity index (χ1n) is 7.56.